The van der Waals surface area contributed by atoms with Crippen molar-refractivity contribution in [3.63, 3.8) is 0 Å². The van der Waals surface area contributed by atoms with Crippen LogP contribution in [0.1, 0.15) is 41.4 Å². The number of fused-ring (bicyclic) bond motifs is 20. The van der Waals surface area contributed by atoms with Crippen LogP contribution in [0.3, 0.4) is 0 Å². The minimum Gasteiger partial charge on any atom is -0.357 e. The molecule has 0 spiro atoms. The van der Waals surface area contributed by atoms with Gasteiger partial charge in [0.15, 0.2) is 0 Å². The number of aromatic nitrogens is 8. The summed E-state index contributed by atoms with van der Waals surface area (Å²) in [5.41, 5.74) is 6.65. The molecule has 77 heavy (non-hydrogen) atoms. The predicted octanol–water partition coefficient (Wildman–Crippen LogP) is 11.1. The number of carbonyl (C=O) groups excluding carboxylic acids is 4. The normalized spacial score (nSPS) is 11.2. The molecule has 8 bridgehead atoms. The number of amides is 4. The van der Waals surface area contributed by atoms with E-state index < -0.39 is 0 Å². The summed E-state index contributed by atoms with van der Waals surface area (Å²) < 4.78 is 0. The van der Waals surface area contributed by atoms with Gasteiger partial charge in [-0.25, -0.2) is 9.97 Å². The van der Waals surface area contributed by atoms with Crippen molar-refractivity contribution in [2.75, 3.05) is 21.3 Å². The van der Waals surface area contributed by atoms with Crippen LogP contribution in [-0.4, -0.2) is 53.5 Å². The summed E-state index contributed by atoms with van der Waals surface area (Å²) in [5.74, 6) is -0.623. The number of carbonyl (C=O) groups is 4. The van der Waals surface area contributed by atoms with Crippen LogP contribution in [0.25, 0.3) is 89.7 Å². The summed E-state index contributed by atoms with van der Waals surface area (Å²) in [6.45, 7) is 0. The van der Waals surface area contributed by atoms with Crippen LogP contribution < -0.4 is 31.2 Å². The Labute approximate surface area is 447 Å². The average Bonchev–Trinajstić information content (AvgIpc) is 4.22. The first kappa shape index (κ1) is 47.5. The molecule has 1 radical (unpaired) electrons. The molecule has 0 saturated carbocycles. The number of para-hydroxylation sites is 4. The first-order valence-corrected chi connectivity index (χ1v) is 24.0. The predicted molar refractivity (Wildman–Crippen MR) is 292 cm³/mol. The van der Waals surface area contributed by atoms with Gasteiger partial charge in [0.1, 0.15) is 0 Å². The number of anilines is 4. The first-order chi connectivity index (χ1) is 37.2. The molecule has 8 aromatic carbocycles. The molecular weight excluding hydrogens is 1020 g/mol. The molecule has 5 heterocycles. The standard InChI is InChI=1S/C60H38N12O4.Cu/c73-57(61-37-13-5-1-6-14-37)33-21-25-41-45(29-33)53-66-49(41)65-50-42-26-22-34(58(74)62-38-15-7-2-8-16-38)30-46(42)54(67-50)69-52-44-28-24-36(60(76)64-40-19-11-4-12-20-40)32-48(44)56(71-52)72-55-47-31-35(23-27-43(47)51(68-53)70-55)59(75)63-39-17-9-3-10-18-39;/h1-32H,(H6,61,62,63,64,65,66,67,68,69,70,71,72,73,74,75,76);/q;+2/p-2. The van der Waals surface area contributed by atoms with Crippen molar-refractivity contribution < 1.29 is 36.2 Å². The Morgan fingerprint density at radius 3 is 0.883 bits per heavy atom. The monoisotopic (exact) mass is 1050 g/mol. The largest absolute Gasteiger partial charge is 2.00 e. The van der Waals surface area contributed by atoms with Gasteiger partial charge in [-0.2, -0.15) is 0 Å². The van der Waals surface area contributed by atoms with Gasteiger partial charge in [0.25, 0.3) is 23.6 Å². The molecule has 371 valence electrons. The van der Waals surface area contributed by atoms with Gasteiger partial charge in [-0.15, -0.1) is 0 Å². The Hall–Kier alpha value is -10.5. The van der Waals surface area contributed by atoms with Crippen molar-refractivity contribution in [1.29, 1.82) is 0 Å². The van der Waals surface area contributed by atoms with Crippen molar-refractivity contribution in [2.45, 2.75) is 0 Å². The van der Waals surface area contributed by atoms with E-state index in [9.17, 15) is 19.2 Å². The molecule has 16 nitrogen and oxygen atoms in total. The van der Waals surface area contributed by atoms with Crippen LogP contribution >= 0.6 is 0 Å². The topological polar surface area (TPSA) is 222 Å². The second-order valence-electron chi connectivity index (χ2n) is 17.8. The molecule has 13 rings (SSSR count). The molecule has 2 aliphatic rings. The minimum absolute atomic E-state index is 0. The fraction of sp³-hybridized carbons (Fsp3) is 0. The van der Waals surface area contributed by atoms with Crippen molar-refractivity contribution in [3.05, 3.63) is 216 Å². The zero-order valence-corrected chi connectivity index (χ0v) is 40.9. The maximum absolute atomic E-state index is 13.9. The van der Waals surface area contributed by atoms with E-state index >= 15 is 0 Å². The summed E-state index contributed by atoms with van der Waals surface area (Å²) in [6, 6.07) is 57.1. The SMILES string of the molecule is O=C(Nc1ccccc1)c1ccc2c(c1)-c1nc-2nc2[n-]c(nc3nc(nc4[n-]c(n1)c1ccc(C(=O)Nc5ccccc5)cc41)-c1cc(C(=O)Nc4ccccc4)ccc1-3)c1cc(C(=O)Nc3ccccc3)ccc21.[Cu+2]. The molecule has 0 saturated heterocycles. The molecule has 0 unspecified atom stereocenters. The van der Waals surface area contributed by atoms with E-state index in [4.69, 9.17) is 39.9 Å². The van der Waals surface area contributed by atoms with E-state index in [0.717, 1.165) is 0 Å². The van der Waals surface area contributed by atoms with Crippen LogP contribution in [0, 0.1) is 0 Å². The zero-order chi connectivity index (χ0) is 51.3. The van der Waals surface area contributed by atoms with Gasteiger partial charge in [-0.05, 0) is 119 Å². The van der Waals surface area contributed by atoms with Gasteiger partial charge in [-0.1, -0.05) is 97.1 Å². The number of benzene rings is 8. The van der Waals surface area contributed by atoms with Gasteiger partial charge in [0.05, 0.1) is 23.3 Å². The van der Waals surface area contributed by atoms with Crippen LogP contribution in [0.2, 0.25) is 0 Å². The van der Waals surface area contributed by atoms with E-state index in [1.807, 2.05) is 72.8 Å². The smallest absolute Gasteiger partial charge is 0.357 e. The summed E-state index contributed by atoms with van der Waals surface area (Å²) in [4.78, 5) is 95.7. The van der Waals surface area contributed by atoms with E-state index in [1.54, 1.807) is 121 Å². The Morgan fingerprint density at radius 1 is 0.286 bits per heavy atom. The maximum Gasteiger partial charge on any atom is 2.00 e. The summed E-state index contributed by atoms with van der Waals surface area (Å²) in [6.07, 6.45) is 0. The molecule has 0 atom stereocenters. The molecular formula is C60H36CuN12O4. The Kier molecular flexibility index (Phi) is 12.2. The molecule has 4 amide bonds. The van der Waals surface area contributed by atoms with E-state index in [1.165, 1.54) is 0 Å². The number of hydrogen-bond donors (Lipinski definition) is 4. The quantitative estimate of drug-likeness (QED) is 0.104. The Morgan fingerprint density at radius 2 is 0.558 bits per heavy atom. The third-order valence-electron chi connectivity index (χ3n) is 12.9. The van der Waals surface area contributed by atoms with Gasteiger partial charge in [-0.3, -0.25) is 19.2 Å². The molecule has 0 aliphatic carbocycles. The van der Waals surface area contributed by atoms with Crippen molar-refractivity contribution >= 4 is 90.5 Å². The second-order valence-corrected chi connectivity index (χ2v) is 17.8. The third-order valence-corrected chi connectivity index (χ3v) is 12.9. The molecule has 17 heteroatoms. The molecule has 4 N–H and O–H groups in total. The number of nitrogens with zero attached hydrogens (tertiary/aromatic N) is 8. The number of hydrogen-bond acceptors (Lipinski definition) is 10. The van der Waals surface area contributed by atoms with Crippen molar-refractivity contribution in [2.24, 2.45) is 0 Å². The van der Waals surface area contributed by atoms with E-state index in [2.05, 4.69) is 21.3 Å². The van der Waals surface area contributed by atoms with Crippen LogP contribution in [0.5, 0.6) is 0 Å². The maximum atomic E-state index is 13.9. The van der Waals surface area contributed by atoms with E-state index in [-0.39, 0.29) is 86.6 Å². The van der Waals surface area contributed by atoms with Gasteiger partial charge in [0, 0.05) is 89.8 Å². The minimum atomic E-state index is -0.366. The van der Waals surface area contributed by atoms with Gasteiger partial charge in [0.2, 0.25) is 0 Å². The van der Waals surface area contributed by atoms with Crippen molar-refractivity contribution in [1.82, 2.24) is 39.9 Å². The Bertz CT molecular complexity index is 4380. The summed E-state index contributed by atoms with van der Waals surface area (Å²) in [5, 5.41) is 13.9. The average molecular weight is 1050 g/mol. The Balaban J connectivity index is 0.00000596. The fourth-order valence-electron chi connectivity index (χ4n) is 9.13. The zero-order valence-electron chi connectivity index (χ0n) is 40.0. The fourth-order valence-corrected chi connectivity index (χ4v) is 9.13. The van der Waals surface area contributed by atoms with Gasteiger partial charge >= 0.3 is 17.1 Å². The molecule has 3 aromatic heterocycles. The van der Waals surface area contributed by atoms with Crippen LogP contribution in [0.15, 0.2) is 194 Å². The number of rotatable bonds is 8. The third kappa shape index (κ3) is 9.20. The molecule has 2 aliphatic heterocycles. The molecule has 0 fully saturated rings. The van der Waals surface area contributed by atoms with Gasteiger partial charge < -0.3 is 51.2 Å². The summed E-state index contributed by atoms with van der Waals surface area (Å²) in [7, 11) is 0. The number of nitrogens with one attached hydrogen (secondary N) is 4. The van der Waals surface area contributed by atoms with Crippen LogP contribution in [-0.2, 0) is 17.1 Å². The summed E-state index contributed by atoms with van der Waals surface area (Å²) >= 11 is 0. The molecule has 11 aromatic rings. The van der Waals surface area contributed by atoms with E-state index in [0.29, 0.717) is 88.8 Å². The van der Waals surface area contributed by atoms with Crippen LogP contribution in [0.4, 0.5) is 22.7 Å². The second kappa shape index (κ2) is 19.7. The first-order valence-electron chi connectivity index (χ1n) is 24.0. The van der Waals surface area contributed by atoms with Crippen molar-refractivity contribution in [3.8, 4) is 45.6 Å².